The molecule has 0 spiro atoms. The Balaban J connectivity index is 1.27. The van der Waals surface area contributed by atoms with Crippen LogP contribution in [0.15, 0.2) is 144 Å². The minimum atomic E-state index is -3.67. The lowest BCUT2D eigenvalue weighted by atomic mass is 10.1. The van der Waals surface area contributed by atoms with E-state index >= 15 is 0 Å². The number of hydrogen-bond acceptors (Lipinski definition) is 8. The maximum absolute atomic E-state index is 14.4. The Labute approximate surface area is 306 Å². The number of nitrogens with zero attached hydrogens (tertiary/aromatic N) is 2. The molecule has 0 aliphatic carbocycles. The predicted octanol–water partition coefficient (Wildman–Crippen LogP) is 9.60. The third kappa shape index (κ3) is 7.84. The average Bonchev–Trinajstić information content (AvgIpc) is 3.74. The first kappa shape index (κ1) is 34.4. The van der Waals surface area contributed by atoms with Crippen molar-refractivity contribution in [2.75, 3.05) is 17.1 Å². The number of carbonyl (C=O) groups is 1. The van der Waals surface area contributed by atoms with Gasteiger partial charge in [-0.3, -0.25) is 9.10 Å². The highest BCUT2D eigenvalue weighted by atomic mass is 32.2. The zero-order valence-corrected chi connectivity index (χ0v) is 30.6. The summed E-state index contributed by atoms with van der Waals surface area (Å²) < 4.78 is 43.3. The highest BCUT2D eigenvalue weighted by Crippen LogP contribution is 2.39. The molecule has 258 valence electrons. The van der Waals surface area contributed by atoms with E-state index in [1.807, 2.05) is 132 Å². The van der Waals surface area contributed by atoms with E-state index in [0.29, 0.717) is 29.3 Å². The Morgan fingerprint density at radius 2 is 1.18 bits per heavy atom. The van der Waals surface area contributed by atoms with Gasteiger partial charge in [-0.25, -0.2) is 13.3 Å². The van der Waals surface area contributed by atoms with Crippen molar-refractivity contribution in [2.24, 2.45) is 0 Å². The van der Waals surface area contributed by atoms with Crippen LogP contribution in [0.25, 0.3) is 20.2 Å². The van der Waals surface area contributed by atoms with Crippen molar-refractivity contribution < 1.29 is 22.7 Å². The van der Waals surface area contributed by atoms with Crippen LogP contribution in [0.5, 0.6) is 11.5 Å². The largest absolute Gasteiger partial charge is 0.438 e. The Bertz CT molecular complexity index is 2310. The first-order valence-corrected chi connectivity index (χ1v) is 20.0. The molecule has 7 nitrogen and oxygen atoms in total. The summed E-state index contributed by atoms with van der Waals surface area (Å²) in [7, 11) is -3.67. The fourth-order valence-electron chi connectivity index (χ4n) is 6.02. The predicted molar refractivity (Wildman–Crippen MR) is 208 cm³/mol. The number of sulfonamides is 1. The van der Waals surface area contributed by atoms with Crippen molar-refractivity contribution in [3.05, 3.63) is 161 Å². The summed E-state index contributed by atoms with van der Waals surface area (Å²) in [5, 5.41) is 5.84. The highest BCUT2D eigenvalue weighted by Gasteiger charge is 2.40. The van der Waals surface area contributed by atoms with Gasteiger partial charge in [0.2, 0.25) is 10.0 Å². The van der Waals surface area contributed by atoms with E-state index in [1.54, 1.807) is 46.9 Å². The number of anilines is 1. The molecule has 0 bridgehead atoms. The van der Waals surface area contributed by atoms with Crippen LogP contribution in [-0.4, -0.2) is 37.8 Å². The first-order chi connectivity index (χ1) is 24.7. The number of ether oxygens (including phenoxy) is 2. The number of benzene rings is 5. The van der Waals surface area contributed by atoms with Gasteiger partial charge in [0.05, 0.1) is 25.0 Å². The van der Waals surface area contributed by atoms with Gasteiger partial charge in [0.15, 0.2) is 5.78 Å². The topological polar surface area (TPSA) is 76.2 Å². The van der Waals surface area contributed by atoms with E-state index in [4.69, 9.17) is 9.47 Å². The highest BCUT2D eigenvalue weighted by molar-refractivity contribution is 7.92. The number of rotatable bonds is 14. The quantitative estimate of drug-likeness (QED) is 0.0819. The van der Waals surface area contributed by atoms with E-state index in [0.717, 1.165) is 31.3 Å². The fraction of sp³-hybridized carbons (Fsp3) is 0.146. The molecule has 7 rings (SSSR count). The van der Waals surface area contributed by atoms with Crippen LogP contribution in [0, 0.1) is 0 Å². The molecule has 0 aliphatic heterocycles. The van der Waals surface area contributed by atoms with E-state index in [9.17, 15) is 13.2 Å². The van der Waals surface area contributed by atoms with Crippen molar-refractivity contribution in [2.45, 2.75) is 25.9 Å². The van der Waals surface area contributed by atoms with E-state index in [-0.39, 0.29) is 18.9 Å². The molecule has 0 radical (unpaired) electrons. The van der Waals surface area contributed by atoms with Crippen LogP contribution in [0.3, 0.4) is 0 Å². The van der Waals surface area contributed by atoms with Gasteiger partial charge < -0.3 is 9.47 Å². The number of thiophene rings is 2. The number of ketones is 1. The van der Waals surface area contributed by atoms with Crippen LogP contribution in [0.4, 0.5) is 5.69 Å². The second-order valence-corrected chi connectivity index (χ2v) is 16.1. The number of hydrogen-bond donors (Lipinski definition) is 0. The molecule has 2 heterocycles. The van der Waals surface area contributed by atoms with E-state index in [1.165, 1.54) is 10.6 Å². The Kier molecular flexibility index (Phi) is 9.93. The van der Waals surface area contributed by atoms with Gasteiger partial charge in [0.25, 0.3) is 0 Å². The Morgan fingerprint density at radius 3 is 1.73 bits per heavy atom. The van der Waals surface area contributed by atoms with Crippen LogP contribution >= 0.6 is 22.7 Å². The molecule has 0 amide bonds. The van der Waals surface area contributed by atoms with E-state index < -0.39 is 15.9 Å². The van der Waals surface area contributed by atoms with Crippen LogP contribution in [0.2, 0.25) is 0 Å². The second kappa shape index (κ2) is 14.7. The molecule has 0 unspecified atom stereocenters. The summed E-state index contributed by atoms with van der Waals surface area (Å²) in [6.45, 7) is 2.23. The molecular formula is C41H36N2O5S3. The van der Waals surface area contributed by atoms with Gasteiger partial charge in [-0.05, 0) is 47.5 Å². The molecule has 0 fully saturated rings. The standard InChI is InChI=1S/C41H36N2O5S3/c1-41(47-37-28-49-39-22-11-9-20-34(37)39,48-38-29-50-40-23-12-10-21-35(38)40)42(25-30-14-5-3-6-15-30)27-36(44)32-18-13-19-33(24-32)43(51(2,45)46)26-31-16-7-4-8-17-31/h3-24,28-29H,25-27H2,1-2H3. The smallest absolute Gasteiger partial charge is 0.313 e. The van der Waals surface area contributed by atoms with Gasteiger partial charge in [0, 0.05) is 50.0 Å². The van der Waals surface area contributed by atoms with Crippen LogP contribution < -0.4 is 13.8 Å². The first-order valence-electron chi connectivity index (χ1n) is 16.4. The van der Waals surface area contributed by atoms with Gasteiger partial charge in [-0.2, -0.15) is 0 Å². The summed E-state index contributed by atoms with van der Waals surface area (Å²) in [5.41, 5.74) is 2.58. The fourth-order valence-corrected chi connectivity index (χ4v) is 8.62. The number of fused-ring (bicyclic) bond motifs is 2. The second-order valence-electron chi connectivity index (χ2n) is 12.4. The van der Waals surface area contributed by atoms with Gasteiger partial charge in [0.1, 0.15) is 11.5 Å². The molecule has 2 aromatic heterocycles. The van der Waals surface area contributed by atoms with Crippen molar-refractivity contribution in [1.29, 1.82) is 0 Å². The minimum absolute atomic E-state index is 0.0868. The molecule has 5 aromatic carbocycles. The molecular weight excluding hydrogens is 697 g/mol. The SMILES string of the molecule is CC(Oc1csc2ccccc12)(Oc1csc2ccccc12)N(CC(=O)c1cccc(N(Cc2ccccc2)S(C)(=O)=O)c1)Cc1ccccc1. The lowest BCUT2D eigenvalue weighted by molar-refractivity contribution is -0.209. The van der Waals surface area contributed by atoms with E-state index in [2.05, 4.69) is 0 Å². The minimum Gasteiger partial charge on any atom is -0.438 e. The van der Waals surface area contributed by atoms with Gasteiger partial charge >= 0.3 is 5.91 Å². The number of carbonyl (C=O) groups excluding carboxylic acids is 1. The molecule has 0 saturated carbocycles. The summed E-state index contributed by atoms with van der Waals surface area (Å²) in [6, 6.07) is 42.1. The third-order valence-electron chi connectivity index (χ3n) is 8.64. The number of Topliss-reactive ketones (excluding diaryl/α,β-unsaturated/α-hetero) is 1. The van der Waals surface area contributed by atoms with Gasteiger partial charge in [-0.15, -0.1) is 22.7 Å². The van der Waals surface area contributed by atoms with Crippen molar-refractivity contribution in [3.63, 3.8) is 0 Å². The zero-order valence-electron chi connectivity index (χ0n) is 28.1. The molecule has 0 N–H and O–H groups in total. The van der Waals surface area contributed by atoms with Crippen molar-refractivity contribution >= 4 is 64.3 Å². The zero-order chi connectivity index (χ0) is 35.4. The lowest BCUT2D eigenvalue weighted by Gasteiger charge is -2.40. The summed E-state index contributed by atoms with van der Waals surface area (Å²) in [5.74, 6) is -0.377. The molecule has 0 aliphatic rings. The van der Waals surface area contributed by atoms with Crippen LogP contribution in [0.1, 0.15) is 28.4 Å². The third-order valence-corrected chi connectivity index (χ3v) is 11.7. The van der Waals surface area contributed by atoms with Crippen molar-refractivity contribution in [1.82, 2.24) is 4.90 Å². The monoisotopic (exact) mass is 732 g/mol. The average molecular weight is 733 g/mol. The molecule has 7 aromatic rings. The lowest BCUT2D eigenvalue weighted by Crippen LogP contribution is -2.56. The van der Waals surface area contributed by atoms with Gasteiger partial charge in [-0.1, -0.05) is 97.1 Å². The van der Waals surface area contributed by atoms with Crippen molar-refractivity contribution in [3.8, 4) is 11.5 Å². The summed E-state index contributed by atoms with van der Waals surface area (Å²) >= 11 is 3.16. The normalized spacial score (nSPS) is 12.0. The molecule has 0 saturated heterocycles. The summed E-state index contributed by atoms with van der Waals surface area (Å²) in [6.07, 6.45) is 1.18. The molecule has 51 heavy (non-hydrogen) atoms. The maximum Gasteiger partial charge on any atom is 0.313 e. The Hall–Kier alpha value is -5.00. The molecule has 0 atom stereocenters. The van der Waals surface area contributed by atoms with Crippen LogP contribution in [-0.2, 0) is 23.1 Å². The molecule has 10 heteroatoms. The Morgan fingerprint density at radius 1 is 0.667 bits per heavy atom. The summed E-state index contributed by atoms with van der Waals surface area (Å²) in [4.78, 5) is 16.3. The maximum atomic E-state index is 14.4.